The van der Waals surface area contributed by atoms with E-state index in [1.54, 1.807) is 36.4 Å². The van der Waals surface area contributed by atoms with E-state index in [9.17, 15) is 14.7 Å². The van der Waals surface area contributed by atoms with Crippen LogP contribution in [-0.4, -0.2) is 28.5 Å². The van der Waals surface area contributed by atoms with Crippen molar-refractivity contribution in [2.45, 2.75) is 12.0 Å². The molecule has 1 unspecified atom stereocenters. The van der Waals surface area contributed by atoms with Crippen molar-refractivity contribution in [3.05, 3.63) is 70.1 Å². The second-order valence-electron chi connectivity index (χ2n) is 6.25. The molecule has 0 bridgehead atoms. The first kappa shape index (κ1) is 16.7. The van der Waals surface area contributed by atoms with E-state index in [0.717, 1.165) is 0 Å². The summed E-state index contributed by atoms with van der Waals surface area (Å²) in [7, 11) is 0. The minimum Gasteiger partial charge on any atom is -0.507 e. The number of thioether (sulfide) groups is 1. The maximum Gasteiger partial charge on any atom is 0.343 e. The van der Waals surface area contributed by atoms with Crippen LogP contribution in [0.3, 0.4) is 0 Å². The molecule has 0 aliphatic carbocycles. The lowest BCUT2D eigenvalue weighted by Crippen LogP contribution is -2.46. The maximum absolute atomic E-state index is 13.3. The van der Waals surface area contributed by atoms with Gasteiger partial charge in [-0.2, -0.15) is 11.8 Å². The van der Waals surface area contributed by atoms with Crippen molar-refractivity contribution in [3.8, 4) is 11.5 Å². The maximum atomic E-state index is 13.3. The molecular weight excluding hydrogens is 352 g/mol. The third-order valence-electron chi connectivity index (χ3n) is 4.55. The van der Waals surface area contributed by atoms with E-state index in [1.165, 1.54) is 17.8 Å². The van der Waals surface area contributed by atoms with Crippen LogP contribution in [0.25, 0.3) is 11.0 Å². The monoisotopic (exact) mass is 368 g/mol. The van der Waals surface area contributed by atoms with Crippen LogP contribution in [0.5, 0.6) is 11.5 Å². The van der Waals surface area contributed by atoms with Crippen LogP contribution < -0.4 is 10.4 Å². The molecule has 3 aromatic rings. The average molecular weight is 368 g/mol. The van der Waals surface area contributed by atoms with Gasteiger partial charge in [0.2, 0.25) is 5.78 Å². The Hall–Kier alpha value is -2.73. The summed E-state index contributed by atoms with van der Waals surface area (Å²) in [6.45, 7) is 0. The zero-order valence-electron chi connectivity index (χ0n) is 14.0. The van der Waals surface area contributed by atoms with Crippen LogP contribution in [-0.2, 0) is 6.42 Å². The van der Waals surface area contributed by atoms with Gasteiger partial charge in [-0.05, 0) is 30.5 Å². The standard InChI is InChI=1S/C20H16O5S/c1-26-11-20(18(22)12-6-2-4-8-15(12)21)10-14-17(25-20)13-7-3-5-9-16(13)24-19(14)23/h2-9,21H,10-11H2,1H3. The van der Waals surface area contributed by atoms with Crippen molar-refractivity contribution in [1.29, 1.82) is 0 Å². The molecule has 0 saturated carbocycles. The first-order valence-corrected chi connectivity index (χ1v) is 9.50. The van der Waals surface area contributed by atoms with Gasteiger partial charge in [-0.15, -0.1) is 0 Å². The Balaban J connectivity index is 1.87. The molecule has 2 aromatic carbocycles. The van der Waals surface area contributed by atoms with Crippen LogP contribution in [0, 0.1) is 0 Å². The zero-order valence-corrected chi connectivity index (χ0v) is 14.8. The van der Waals surface area contributed by atoms with Crippen molar-refractivity contribution < 1.29 is 19.1 Å². The van der Waals surface area contributed by atoms with Gasteiger partial charge in [-0.1, -0.05) is 24.3 Å². The fourth-order valence-electron chi connectivity index (χ4n) is 3.36. The number of phenolic OH excluding ortho intramolecular Hbond substituents is 1. The van der Waals surface area contributed by atoms with E-state index in [-0.39, 0.29) is 23.5 Å². The van der Waals surface area contributed by atoms with Gasteiger partial charge < -0.3 is 14.3 Å². The molecule has 0 amide bonds. The lowest BCUT2D eigenvalue weighted by molar-refractivity contribution is 0.0614. The third-order valence-corrected chi connectivity index (χ3v) is 5.31. The largest absolute Gasteiger partial charge is 0.507 e. The molecule has 0 saturated heterocycles. The van der Waals surface area contributed by atoms with Gasteiger partial charge in [0.25, 0.3) is 0 Å². The molecule has 4 rings (SSSR count). The summed E-state index contributed by atoms with van der Waals surface area (Å²) in [5.41, 5.74) is -0.776. The van der Waals surface area contributed by atoms with Crippen molar-refractivity contribution in [2.75, 3.05) is 12.0 Å². The summed E-state index contributed by atoms with van der Waals surface area (Å²) in [6, 6.07) is 13.5. The smallest absolute Gasteiger partial charge is 0.343 e. The molecule has 0 radical (unpaired) electrons. The minimum absolute atomic E-state index is 0.102. The molecule has 1 aromatic heterocycles. The number of benzene rings is 2. The number of fused-ring (bicyclic) bond motifs is 3. The van der Waals surface area contributed by atoms with E-state index in [0.29, 0.717) is 28.0 Å². The Morgan fingerprint density at radius 1 is 1.19 bits per heavy atom. The number of ketones is 1. The topological polar surface area (TPSA) is 76.7 Å². The molecule has 26 heavy (non-hydrogen) atoms. The van der Waals surface area contributed by atoms with Gasteiger partial charge >= 0.3 is 5.63 Å². The summed E-state index contributed by atoms with van der Waals surface area (Å²) >= 11 is 1.45. The number of aromatic hydroxyl groups is 1. The number of hydrogen-bond acceptors (Lipinski definition) is 6. The quantitative estimate of drug-likeness (QED) is 0.562. The predicted octanol–water partition coefficient (Wildman–Crippen LogP) is 3.42. The number of carbonyl (C=O) groups is 1. The third kappa shape index (κ3) is 2.49. The van der Waals surface area contributed by atoms with Crippen LogP contribution in [0.15, 0.2) is 57.7 Å². The lowest BCUT2D eigenvalue weighted by atomic mass is 9.90. The van der Waals surface area contributed by atoms with Gasteiger partial charge in [-0.3, -0.25) is 4.79 Å². The predicted molar refractivity (Wildman–Crippen MR) is 100 cm³/mol. The summed E-state index contributed by atoms with van der Waals surface area (Å²) in [5.74, 6) is 0.302. The van der Waals surface area contributed by atoms with Crippen LogP contribution in [0.4, 0.5) is 0 Å². The highest BCUT2D eigenvalue weighted by molar-refractivity contribution is 7.98. The van der Waals surface area contributed by atoms with Crippen LogP contribution >= 0.6 is 11.8 Å². The summed E-state index contributed by atoms with van der Waals surface area (Å²) < 4.78 is 11.5. The normalized spacial score (nSPS) is 18.5. The number of phenols is 1. The van der Waals surface area contributed by atoms with Crippen molar-refractivity contribution in [3.63, 3.8) is 0 Å². The van der Waals surface area contributed by atoms with E-state index in [4.69, 9.17) is 9.15 Å². The summed E-state index contributed by atoms with van der Waals surface area (Å²) in [4.78, 5) is 25.7. The van der Waals surface area contributed by atoms with E-state index < -0.39 is 11.2 Å². The first-order chi connectivity index (χ1) is 12.6. The highest BCUT2D eigenvalue weighted by atomic mass is 32.2. The molecule has 0 spiro atoms. The Bertz CT molecular complexity index is 1070. The van der Waals surface area contributed by atoms with Crippen molar-refractivity contribution in [1.82, 2.24) is 0 Å². The Morgan fingerprint density at radius 3 is 2.69 bits per heavy atom. The summed E-state index contributed by atoms with van der Waals surface area (Å²) in [6.07, 6.45) is 1.98. The SMILES string of the molecule is CSCC1(C(=O)c2ccccc2O)Cc2c(c3ccccc3oc2=O)O1. The number of Topliss-reactive ketones (excluding diaryl/α,β-unsaturated/α-hetero) is 1. The molecular formula is C20H16O5S. The van der Waals surface area contributed by atoms with Gasteiger partial charge in [0, 0.05) is 12.2 Å². The van der Waals surface area contributed by atoms with E-state index in [1.807, 2.05) is 12.3 Å². The highest BCUT2D eigenvalue weighted by Gasteiger charge is 2.49. The van der Waals surface area contributed by atoms with Crippen molar-refractivity contribution in [2.24, 2.45) is 0 Å². The summed E-state index contributed by atoms with van der Waals surface area (Å²) in [5, 5.41) is 10.8. The van der Waals surface area contributed by atoms with Gasteiger partial charge in [0.15, 0.2) is 5.60 Å². The van der Waals surface area contributed by atoms with Crippen molar-refractivity contribution >= 4 is 28.5 Å². The fraction of sp³-hybridized carbons (Fsp3) is 0.200. The number of ether oxygens (including phenoxy) is 1. The molecule has 1 N–H and O–H groups in total. The number of rotatable bonds is 4. The van der Waals surface area contributed by atoms with Crippen LogP contribution in [0.1, 0.15) is 15.9 Å². The molecule has 5 nitrogen and oxygen atoms in total. The highest BCUT2D eigenvalue weighted by Crippen LogP contribution is 2.42. The number of para-hydroxylation sites is 2. The molecule has 1 atom stereocenters. The zero-order chi connectivity index (χ0) is 18.3. The molecule has 132 valence electrons. The fourth-order valence-corrected chi connectivity index (χ4v) is 4.12. The second-order valence-corrected chi connectivity index (χ2v) is 7.11. The molecule has 1 aliphatic heterocycles. The molecule has 1 aliphatic rings. The van der Waals surface area contributed by atoms with Gasteiger partial charge in [0.1, 0.15) is 17.1 Å². The van der Waals surface area contributed by atoms with Gasteiger partial charge in [-0.25, -0.2) is 4.79 Å². The lowest BCUT2D eigenvalue weighted by Gasteiger charge is -2.27. The Morgan fingerprint density at radius 2 is 1.92 bits per heavy atom. The first-order valence-electron chi connectivity index (χ1n) is 8.11. The Labute approximate surface area is 153 Å². The second kappa shape index (κ2) is 6.21. The molecule has 6 heteroatoms. The Kier molecular flexibility index (Phi) is 4.00. The molecule has 2 heterocycles. The minimum atomic E-state index is -1.25. The number of carbonyl (C=O) groups excluding carboxylic acids is 1. The van der Waals surface area contributed by atoms with E-state index in [2.05, 4.69) is 0 Å². The average Bonchev–Trinajstić information content (AvgIpc) is 3.04. The number of hydrogen-bond donors (Lipinski definition) is 1. The molecule has 0 fully saturated rings. The van der Waals surface area contributed by atoms with Crippen LogP contribution in [0.2, 0.25) is 0 Å². The van der Waals surface area contributed by atoms with Gasteiger partial charge in [0.05, 0.1) is 16.5 Å². The van der Waals surface area contributed by atoms with E-state index >= 15 is 0 Å².